The van der Waals surface area contributed by atoms with Crippen LogP contribution < -0.4 is 11.1 Å². The third-order valence-corrected chi connectivity index (χ3v) is 3.28. The molecule has 2 heterocycles. The molecule has 1 aliphatic rings. The quantitative estimate of drug-likeness (QED) is 0.682. The third-order valence-electron chi connectivity index (χ3n) is 3.28. The Morgan fingerprint density at radius 1 is 1.43 bits per heavy atom. The summed E-state index contributed by atoms with van der Waals surface area (Å²) >= 11 is 0. The van der Waals surface area contributed by atoms with Crippen molar-refractivity contribution in [3.63, 3.8) is 0 Å². The number of amides is 2. The zero-order chi connectivity index (χ0) is 15.2. The monoisotopic (exact) mass is 297 g/mol. The van der Waals surface area contributed by atoms with Gasteiger partial charge in [0.25, 0.3) is 0 Å². The van der Waals surface area contributed by atoms with Crippen molar-refractivity contribution in [3.05, 3.63) is 11.7 Å². The van der Waals surface area contributed by atoms with Gasteiger partial charge in [-0.15, -0.1) is 0 Å². The van der Waals surface area contributed by atoms with Crippen molar-refractivity contribution >= 4 is 11.8 Å². The molecule has 0 aliphatic carbocycles. The highest BCUT2D eigenvalue weighted by atomic mass is 16.5. The van der Waals surface area contributed by atoms with Crippen LogP contribution in [-0.4, -0.2) is 59.2 Å². The summed E-state index contributed by atoms with van der Waals surface area (Å²) in [5.41, 5.74) is 5.01. The predicted molar refractivity (Wildman–Crippen MR) is 71.1 cm³/mol. The molecule has 1 atom stereocenters. The molecule has 2 amide bonds. The van der Waals surface area contributed by atoms with Gasteiger partial charge in [0.2, 0.25) is 5.91 Å². The maximum atomic E-state index is 12.2. The van der Waals surface area contributed by atoms with Gasteiger partial charge in [-0.2, -0.15) is 4.98 Å². The minimum atomic E-state index is -0.792. The van der Waals surface area contributed by atoms with Crippen LogP contribution in [0.4, 0.5) is 0 Å². The Balaban J connectivity index is 1.88. The van der Waals surface area contributed by atoms with Crippen LogP contribution in [0.5, 0.6) is 0 Å². The van der Waals surface area contributed by atoms with Crippen molar-refractivity contribution in [2.24, 2.45) is 5.73 Å². The molecule has 0 saturated carbocycles. The van der Waals surface area contributed by atoms with Gasteiger partial charge in [-0.3, -0.25) is 14.5 Å². The van der Waals surface area contributed by atoms with Gasteiger partial charge >= 0.3 is 11.8 Å². The van der Waals surface area contributed by atoms with E-state index in [0.717, 1.165) is 13.1 Å². The molecule has 0 spiro atoms. The first-order chi connectivity index (χ1) is 10.1. The predicted octanol–water partition coefficient (Wildman–Crippen LogP) is -1.10. The van der Waals surface area contributed by atoms with E-state index in [-0.39, 0.29) is 30.2 Å². The van der Waals surface area contributed by atoms with Crippen LogP contribution in [0.25, 0.3) is 0 Å². The number of nitrogens with two attached hydrogens (primary N) is 1. The molecule has 0 bridgehead atoms. The van der Waals surface area contributed by atoms with Gasteiger partial charge in [-0.25, -0.2) is 0 Å². The summed E-state index contributed by atoms with van der Waals surface area (Å²) in [4.78, 5) is 28.9. The zero-order valence-electron chi connectivity index (χ0n) is 11.9. The zero-order valence-corrected chi connectivity index (χ0v) is 11.9. The number of carbonyl (C=O) groups is 2. The van der Waals surface area contributed by atoms with E-state index in [2.05, 4.69) is 24.9 Å². The molecule has 2 rings (SSSR count). The molecule has 0 aromatic carbocycles. The maximum Gasteiger partial charge on any atom is 0.315 e. The number of primary amides is 1. The Labute approximate surface area is 121 Å². The fourth-order valence-corrected chi connectivity index (χ4v) is 2.21. The Bertz CT molecular complexity index is 498. The van der Waals surface area contributed by atoms with Gasteiger partial charge in [0.15, 0.2) is 5.82 Å². The molecule has 21 heavy (non-hydrogen) atoms. The van der Waals surface area contributed by atoms with Crippen LogP contribution >= 0.6 is 0 Å². The number of nitrogens with zero attached hydrogens (tertiary/aromatic N) is 3. The summed E-state index contributed by atoms with van der Waals surface area (Å²) < 4.78 is 9.93. The second kappa shape index (κ2) is 7.14. The fraction of sp³-hybridized carbons (Fsp3) is 0.667. The van der Waals surface area contributed by atoms with Crippen LogP contribution in [0.2, 0.25) is 0 Å². The number of hydrogen-bond donors (Lipinski definition) is 2. The van der Waals surface area contributed by atoms with E-state index >= 15 is 0 Å². The van der Waals surface area contributed by atoms with E-state index in [9.17, 15) is 9.59 Å². The van der Waals surface area contributed by atoms with Gasteiger partial charge in [-0.1, -0.05) is 12.1 Å². The molecule has 9 heteroatoms. The molecule has 9 nitrogen and oxygen atoms in total. The lowest BCUT2D eigenvalue weighted by Crippen LogP contribution is -2.50. The average Bonchev–Trinajstić information content (AvgIpc) is 2.96. The molecule has 116 valence electrons. The highest BCUT2D eigenvalue weighted by molar-refractivity contribution is 5.87. The molecule has 1 aromatic heterocycles. The normalized spacial score (nSPS) is 17.4. The number of carbonyl (C=O) groups excluding carboxylic acids is 2. The molecule has 1 aliphatic heterocycles. The third kappa shape index (κ3) is 3.99. The van der Waals surface area contributed by atoms with Crippen molar-refractivity contribution in [1.82, 2.24) is 20.4 Å². The van der Waals surface area contributed by atoms with Gasteiger partial charge in [0.1, 0.15) is 0 Å². The molecule has 3 N–H and O–H groups in total. The number of rotatable bonds is 6. The summed E-state index contributed by atoms with van der Waals surface area (Å²) in [6.07, 6.45) is 0.699. The number of aromatic nitrogens is 2. The summed E-state index contributed by atoms with van der Waals surface area (Å²) in [6.45, 7) is 4.79. The van der Waals surface area contributed by atoms with Crippen LogP contribution in [0, 0.1) is 0 Å². The first-order valence-corrected chi connectivity index (χ1v) is 6.83. The topological polar surface area (TPSA) is 124 Å². The summed E-state index contributed by atoms with van der Waals surface area (Å²) in [5.74, 6) is -0.946. The standard InChI is InChI=1S/C12H19N5O4/c1-2-8(17-3-5-20-6-4-17)11(19)14-7-9-15-12(10(13)18)21-16-9/h8H,2-7H2,1H3,(H2,13,18)(H,14,19). The lowest BCUT2D eigenvalue weighted by molar-refractivity contribution is -0.128. The van der Waals surface area contributed by atoms with Gasteiger partial charge in [0, 0.05) is 13.1 Å². The maximum absolute atomic E-state index is 12.2. The molecule has 0 radical (unpaired) electrons. The van der Waals surface area contributed by atoms with E-state index in [4.69, 9.17) is 10.5 Å². The molecule has 1 saturated heterocycles. The molecule has 1 aromatic rings. The largest absolute Gasteiger partial charge is 0.379 e. The Morgan fingerprint density at radius 3 is 2.71 bits per heavy atom. The van der Waals surface area contributed by atoms with E-state index < -0.39 is 5.91 Å². The first-order valence-electron chi connectivity index (χ1n) is 6.83. The lowest BCUT2D eigenvalue weighted by Gasteiger charge is -2.32. The average molecular weight is 297 g/mol. The van der Waals surface area contributed by atoms with Gasteiger partial charge in [0.05, 0.1) is 25.8 Å². The SMILES string of the molecule is CCC(C(=O)NCc1noc(C(N)=O)n1)N1CCOCC1. The van der Waals surface area contributed by atoms with E-state index in [1.807, 2.05) is 6.92 Å². The van der Waals surface area contributed by atoms with Crippen LogP contribution in [-0.2, 0) is 16.1 Å². The Kier molecular flexibility index (Phi) is 5.23. The number of hydrogen-bond acceptors (Lipinski definition) is 7. The number of morpholine rings is 1. The molecular formula is C12H19N5O4. The fourth-order valence-electron chi connectivity index (χ4n) is 2.21. The minimum absolute atomic E-state index is 0.0937. The Morgan fingerprint density at radius 2 is 2.14 bits per heavy atom. The molecular weight excluding hydrogens is 278 g/mol. The lowest BCUT2D eigenvalue weighted by atomic mass is 10.1. The van der Waals surface area contributed by atoms with E-state index in [0.29, 0.717) is 19.6 Å². The smallest absolute Gasteiger partial charge is 0.315 e. The number of ether oxygens (including phenoxy) is 1. The van der Waals surface area contributed by atoms with Gasteiger partial charge in [-0.05, 0) is 6.42 Å². The minimum Gasteiger partial charge on any atom is -0.379 e. The van der Waals surface area contributed by atoms with Crippen molar-refractivity contribution in [3.8, 4) is 0 Å². The van der Waals surface area contributed by atoms with Crippen molar-refractivity contribution in [2.75, 3.05) is 26.3 Å². The second-order valence-corrected chi connectivity index (χ2v) is 4.67. The summed E-state index contributed by atoms with van der Waals surface area (Å²) in [7, 11) is 0. The van der Waals surface area contributed by atoms with Crippen molar-refractivity contribution in [2.45, 2.75) is 25.9 Å². The van der Waals surface area contributed by atoms with E-state index in [1.54, 1.807) is 0 Å². The van der Waals surface area contributed by atoms with Crippen LogP contribution in [0.3, 0.4) is 0 Å². The molecule has 1 fully saturated rings. The Hall–Kier alpha value is -2.00. The van der Waals surface area contributed by atoms with Crippen LogP contribution in [0.15, 0.2) is 4.52 Å². The van der Waals surface area contributed by atoms with Crippen molar-refractivity contribution < 1.29 is 18.8 Å². The summed E-state index contributed by atoms with van der Waals surface area (Å²) in [5, 5.41) is 6.31. The highest BCUT2D eigenvalue weighted by Crippen LogP contribution is 2.08. The number of nitrogens with one attached hydrogen (secondary N) is 1. The highest BCUT2D eigenvalue weighted by Gasteiger charge is 2.25. The van der Waals surface area contributed by atoms with Crippen molar-refractivity contribution in [1.29, 1.82) is 0 Å². The first kappa shape index (κ1) is 15.4. The summed E-state index contributed by atoms with van der Waals surface area (Å²) in [6, 6.07) is -0.212. The van der Waals surface area contributed by atoms with Crippen LogP contribution in [0.1, 0.15) is 29.9 Å². The van der Waals surface area contributed by atoms with Gasteiger partial charge < -0.3 is 20.3 Å². The second-order valence-electron chi connectivity index (χ2n) is 4.67. The molecule has 1 unspecified atom stereocenters. The van der Waals surface area contributed by atoms with E-state index in [1.165, 1.54) is 0 Å².